The smallest absolute Gasteiger partial charge is 0.253 e. The molecular weight excluding hydrogens is 568 g/mol. The zero-order valence-electron chi connectivity index (χ0n) is 23.3. The molecule has 2 unspecified atom stereocenters. The molecule has 4 atom stereocenters. The summed E-state index contributed by atoms with van der Waals surface area (Å²) in [6, 6.07) is 3.71. The minimum absolute atomic E-state index is 0.00788. The number of likely N-dealkylation sites (tertiary alicyclic amines) is 1. The van der Waals surface area contributed by atoms with E-state index in [1.807, 2.05) is 4.90 Å². The topological polar surface area (TPSA) is 190 Å². The van der Waals surface area contributed by atoms with Crippen molar-refractivity contribution in [1.82, 2.24) is 10.2 Å². The highest BCUT2D eigenvalue weighted by Gasteiger charge is 2.61. The number of likely N-dealkylation sites (N-methyl/N-ethyl adjacent to an activating group) is 1. The molecule has 0 spiro atoms. The van der Waals surface area contributed by atoms with E-state index in [-0.39, 0.29) is 55.7 Å². The predicted octanol–water partition coefficient (Wildman–Crippen LogP) is 2.11. The number of primary amides is 1. The molecular formula is C30H33F2N3O8. The molecule has 2 aromatic rings. The van der Waals surface area contributed by atoms with E-state index in [1.54, 1.807) is 12.1 Å². The number of rotatable bonds is 5. The van der Waals surface area contributed by atoms with E-state index in [0.717, 1.165) is 5.56 Å². The number of nitrogens with one attached hydrogen (secondary N) is 1. The van der Waals surface area contributed by atoms with Gasteiger partial charge in [0.15, 0.2) is 5.78 Å². The molecule has 4 aliphatic rings. The van der Waals surface area contributed by atoms with Crippen LogP contribution in [0.5, 0.6) is 5.75 Å². The first-order chi connectivity index (χ1) is 20.3. The molecule has 13 heteroatoms. The summed E-state index contributed by atoms with van der Waals surface area (Å²) >= 11 is 0. The largest absolute Gasteiger partial charge is 0.510 e. The second kappa shape index (κ2) is 10.2. The fraction of sp³-hybridized carbons (Fsp3) is 0.467. The highest BCUT2D eigenvalue weighted by molar-refractivity contribution is 6.08. The zero-order chi connectivity index (χ0) is 31.0. The molecule has 1 amide bonds. The minimum Gasteiger partial charge on any atom is -0.510 e. The van der Waals surface area contributed by atoms with Crippen molar-refractivity contribution in [2.75, 3.05) is 20.1 Å². The van der Waals surface area contributed by atoms with Gasteiger partial charge in [-0.2, -0.15) is 0 Å². The van der Waals surface area contributed by atoms with Crippen molar-refractivity contribution in [3.8, 4) is 17.1 Å². The summed E-state index contributed by atoms with van der Waals surface area (Å²) in [5, 5.41) is 58.0. The van der Waals surface area contributed by atoms with Crippen molar-refractivity contribution < 1.29 is 48.3 Å². The number of hydrogen-bond acceptors (Lipinski definition) is 10. The number of nitrogens with two attached hydrogens (primary N) is 1. The number of nitrogens with zero attached hydrogens (tertiary/aromatic N) is 1. The summed E-state index contributed by atoms with van der Waals surface area (Å²) < 4.78 is 33.3. The van der Waals surface area contributed by atoms with E-state index in [4.69, 9.17) is 10.2 Å². The van der Waals surface area contributed by atoms with Gasteiger partial charge in [0.25, 0.3) is 11.8 Å². The van der Waals surface area contributed by atoms with Gasteiger partial charge >= 0.3 is 0 Å². The standard InChI is InChI=1S/C30H33F2N3O8/c1-34-23-17-11-14-10-16-15(27-13(4-9-43-27)12-35-7-5-29(31,32)6-8-35)2-3-18(36)20(16)24(37)19(14)25(38)21(17)30(41,42)22(26(23)39)28(33)40/h2-4,9,14,17,21,23,34,36-37,39,41-42H,5-8,10-12H2,1H3,(H2,33,40)/t14-,17?,21?,23-/m0/s1. The molecule has 1 saturated carbocycles. The Balaban J connectivity index is 1.41. The number of phenols is 1. The van der Waals surface area contributed by atoms with Gasteiger partial charge in [0.2, 0.25) is 5.79 Å². The van der Waals surface area contributed by atoms with Crippen LogP contribution in [0.25, 0.3) is 17.1 Å². The number of alkyl halides is 2. The lowest BCUT2D eigenvalue weighted by Gasteiger charge is -2.49. The number of carbonyl (C=O) groups excluding carboxylic acids is 2. The van der Waals surface area contributed by atoms with E-state index in [1.165, 1.54) is 19.4 Å². The third kappa shape index (κ3) is 4.53. The number of aliphatic hydroxyl groups excluding tert-OH is 2. The Morgan fingerprint density at radius 1 is 1.16 bits per heavy atom. The molecule has 230 valence electrons. The fourth-order valence-corrected chi connectivity index (χ4v) is 7.49. The summed E-state index contributed by atoms with van der Waals surface area (Å²) in [5.41, 5.74) is 6.09. The van der Waals surface area contributed by atoms with Crippen LogP contribution in [-0.4, -0.2) is 80.0 Å². The maximum Gasteiger partial charge on any atom is 0.253 e. The maximum atomic E-state index is 13.9. The van der Waals surface area contributed by atoms with Crippen LogP contribution in [0, 0.1) is 17.8 Å². The predicted molar refractivity (Wildman–Crippen MR) is 147 cm³/mol. The summed E-state index contributed by atoms with van der Waals surface area (Å²) in [6.07, 6.45) is 1.25. The monoisotopic (exact) mass is 601 g/mol. The van der Waals surface area contributed by atoms with Gasteiger partial charge in [0, 0.05) is 49.2 Å². The van der Waals surface area contributed by atoms with Gasteiger partial charge in [0.05, 0.1) is 23.8 Å². The number of halogens is 2. The van der Waals surface area contributed by atoms with Crippen LogP contribution in [0.4, 0.5) is 8.78 Å². The number of amides is 1. The number of allylic oxidation sites excluding steroid dienone is 1. The van der Waals surface area contributed by atoms with Crippen molar-refractivity contribution in [2.45, 2.75) is 50.0 Å². The average molecular weight is 602 g/mol. The Bertz CT molecular complexity index is 1570. The number of phenolic OH excluding ortho intramolecular Hbond substituents is 1. The number of aromatic hydroxyl groups is 1. The van der Waals surface area contributed by atoms with Crippen LogP contribution >= 0.6 is 0 Å². The van der Waals surface area contributed by atoms with Gasteiger partial charge in [-0.1, -0.05) is 0 Å². The van der Waals surface area contributed by atoms with Crippen LogP contribution in [0.3, 0.4) is 0 Å². The summed E-state index contributed by atoms with van der Waals surface area (Å²) in [5.74, 6) is -12.2. The lowest BCUT2D eigenvalue weighted by atomic mass is 9.58. The Morgan fingerprint density at radius 3 is 2.51 bits per heavy atom. The Morgan fingerprint density at radius 2 is 1.86 bits per heavy atom. The first-order valence-electron chi connectivity index (χ1n) is 14.1. The molecule has 43 heavy (non-hydrogen) atoms. The van der Waals surface area contributed by atoms with E-state index < -0.39 is 64.3 Å². The first-order valence-corrected chi connectivity index (χ1v) is 14.1. The molecule has 0 bridgehead atoms. The van der Waals surface area contributed by atoms with Gasteiger partial charge in [-0.3, -0.25) is 14.5 Å². The fourth-order valence-electron chi connectivity index (χ4n) is 7.49. The summed E-state index contributed by atoms with van der Waals surface area (Å²) in [4.78, 5) is 28.0. The Labute approximate surface area is 244 Å². The zero-order valence-corrected chi connectivity index (χ0v) is 23.3. The highest BCUT2D eigenvalue weighted by atomic mass is 19.3. The van der Waals surface area contributed by atoms with Crippen LogP contribution < -0.4 is 11.1 Å². The van der Waals surface area contributed by atoms with Crippen molar-refractivity contribution in [2.24, 2.45) is 23.5 Å². The SMILES string of the molecule is CN[C@@H]1C(O)=C(C(N)=O)C(O)(O)C2C(=O)C3=C(O)c4c(O)ccc(-c5occc5CN5CCC(F)(F)CC5)c4C[C@H]3CC21. The molecule has 6 rings (SSSR count). The Kier molecular flexibility index (Phi) is 6.92. The molecule has 0 radical (unpaired) electrons. The highest BCUT2D eigenvalue weighted by Crippen LogP contribution is 2.54. The number of furan rings is 1. The third-order valence-electron chi connectivity index (χ3n) is 9.49. The number of Topliss-reactive ketones (excluding diaryl/α,β-unsaturated/α-hetero) is 1. The van der Waals surface area contributed by atoms with Crippen molar-refractivity contribution in [3.05, 3.63) is 58.1 Å². The molecule has 1 aromatic carbocycles. The molecule has 11 nitrogen and oxygen atoms in total. The molecule has 1 aliphatic heterocycles. The van der Waals surface area contributed by atoms with Gasteiger partial charge in [-0.05, 0) is 55.5 Å². The van der Waals surface area contributed by atoms with Gasteiger partial charge in [-0.25, -0.2) is 8.78 Å². The number of piperidine rings is 1. The quantitative estimate of drug-likeness (QED) is 0.250. The Hall–Kier alpha value is -3.78. The number of benzene rings is 1. The van der Waals surface area contributed by atoms with E-state index >= 15 is 0 Å². The van der Waals surface area contributed by atoms with Crippen molar-refractivity contribution in [3.63, 3.8) is 0 Å². The number of hydrogen-bond donors (Lipinski definition) is 7. The van der Waals surface area contributed by atoms with Crippen LogP contribution in [0.2, 0.25) is 0 Å². The number of fused-ring (bicyclic) bond motifs is 3. The van der Waals surface area contributed by atoms with E-state index in [9.17, 15) is 43.9 Å². The van der Waals surface area contributed by atoms with Gasteiger partial charge in [0.1, 0.15) is 28.6 Å². The van der Waals surface area contributed by atoms with Gasteiger partial charge < -0.3 is 41.0 Å². The van der Waals surface area contributed by atoms with E-state index in [2.05, 4.69) is 5.32 Å². The average Bonchev–Trinajstić information content (AvgIpc) is 3.37. The van der Waals surface area contributed by atoms with E-state index in [0.29, 0.717) is 23.4 Å². The molecule has 3 aliphatic carbocycles. The summed E-state index contributed by atoms with van der Waals surface area (Å²) in [7, 11) is 1.49. The minimum atomic E-state index is -3.10. The first kappa shape index (κ1) is 29.3. The summed E-state index contributed by atoms with van der Waals surface area (Å²) in [6.45, 7) is 0.782. The van der Waals surface area contributed by atoms with Crippen LogP contribution in [0.1, 0.15) is 36.0 Å². The van der Waals surface area contributed by atoms with Crippen LogP contribution in [-0.2, 0) is 22.6 Å². The molecule has 8 N–H and O–H groups in total. The second-order valence-electron chi connectivity index (χ2n) is 11.9. The number of carbonyl (C=O) groups is 2. The molecule has 1 aromatic heterocycles. The maximum absolute atomic E-state index is 13.9. The molecule has 2 fully saturated rings. The lowest BCUT2D eigenvalue weighted by Crippen LogP contribution is -2.62. The van der Waals surface area contributed by atoms with Crippen LogP contribution in [0.15, 0.2) is 45.8 Å². The molecule has 2 heterocycles. The second-order valence-corrected chi connectivity index (χ2v) is 11.9. The van der Waals surface area contributed by atoms with Crippen molar-refractivity contribution in [1.29, 1.82) is 0 Å². The number of ketones is 1. The normalized spacial score (nSPS) is 28.3. The third-order valence-corrected chi connectivity index (χ3v) is 9.49. The lowest BCUT2D eigenvalue weighted by molar-refractivity contribution is -0.200. The number of aliphatic hydroxyl groups is 4. The van der Waals surface area contributed by atoms with Gasteiger partial charge in [-0.15, -0.1) is 0 Å². The van der Waals surface area contributed by atoms with Crippen molar-refractivity contribution >= 4 is 17.4 Å². The molecule has 1 saturated heterocycles.